The molecule has 1 aromatic carbocycles. The van der Waals surface area contributed by atoms with Crippen LogP contribution in [0.25, 0.3) is 10.2 Å². The number of hydrogen-bond acceptors (Lipinski definition) is 5. The zero-order chi connectivity index (χ0) is 18.5. The Kier molecular flexibility index (Phi) is 6.64. The predicted molar refractivity (Wildman–Crippen MR) is 113 cm³/mol. The molecule has 3 aromatic rings. The Morgan fingerprint density at radius 3 is 2.69 bits per heavy atom. The number of aromatic nitrogens is 1. The van der Waals surface area contributed by atoms with Crippen LogP contribution in [0.2, 0.25) is 5.02 Å². The largest absolute Gasteiger partial charge is 0.302 e. The van der Waals surface area contributed by atoms with Gasteiger partial charge < -0.3 is 4.90 Å². The summed E-state index contributed by atoms with van der Waals surface area (Å²) in [4.78, 5) is 22.9. The summed E-state index contributed by atoms with van der Waals surface area (Å²) >= 11 is 9.23. The van der Waals surface area contributed by atoms with E-state index < -0.39 is 0 Å². The number of likely N-dealkylation sites (N-methyl/N-ethyl adjacent to an activating group) is 1. The second-order valence-electron chi connectivity index (χ2n) is 5.94. The van der Waals surface area contributed by atoms with E-state index in [0.29, 0.717) is 18.0 Å². The lowest BCUT2D eigenvalue weighted by Gasteiger charge is -2.24. The van der Waals surface area contributed by atoms with Crippen LogP contribution in [-0.4, -0.2) is 42.0 Å². The summed E-state index contributed by atoms with van der Waals surface area (Å²) in [5, 5.41) is 3.44. The quantitative estimate of drug-likeness (QED) is 0.531. The van der Waals surface area contributed by atoms with Crippen molar-refractivity contribution in [2.75, 3.05) is 31.1 Å². The summed E-state index contributed by atoms with van der Waals surface area (Å²) in [5.74, 6) is 0.0877. The van der Waals surface area contributed by atoms with Crippen LogP contribution in [0.5, 0.6) is 0 Å². The molecular weight excluding hydrogens is 386 g/mol. The molecule has 0 fully saturated rings. The topological polar surface area (TPSA) is 36.4 Å². The minimum absolute atomic E-state index is 0.0877. The lowest BCUT2D eigenvalue weighted by molar-refractivity contribution is -0.118. The zero-order valence-electron chi connectivity index (χ0n) is 14.9. The first-order valence-electron chi connectivity index (χ1n) is 8.72. The van der Waals surface area contributed by atoms with Gasteiger partial charge in [0.1, 0.15) is 0 Å². The van der Waals surface area contributed by atoms with Crippen LogP contribution < -0.4 is 4.90 Å². The van der Waals surface area contributed by atoms with Crippen LogP contribution in [0.15, 0.2) is 35.7 Å². The second-order valence-corrected chi connectivity index (χ2v) is 8.41. The summed E-state index contributed by atoms with van der Waals surface area (Å²) in [6, 6.07) is 9.63. The normalized spacial score (nSPS) is 11.4. The fourth-order valence-electron chi connectivity index (χ4n) is 2.77. The van der Waals surface area contributed by atoms with Gasteiger partial charge in [-0.15, -0.1) is 11.3 Å². The molecule has 0 bridgehead atoms. The number of hydrogen-bond donors (Lipinski definition) is 0. The van der Waals surface area contributed by atoms with E-state index >= 15 is 0 Å². The van der Waals surface area contributed by atoms with Crippen molar-refractivity contribution in [3.63, 3.8) is 0 Å². The molecule has 7 heteroatoms. The van der Waals surface area contributed by atoms with E-state index in [2.05, 4.69) is 23.7 Å². The smallest absolute Gasteiger partial charge is 0.234 e. The minimum atomic E-state index is 0.0877. The number of halogens is 1. The van der Waals surface area contributed by atoms with Crippen molar-refractivity contribution in [2.24, 2.45) is 0 Å². The lowest BCUT2D eigenvalue weighted by atomic mass is 10.3. The molecule has 0 spiro atoms. The van der Waals surface area contributed by atoms with Crippen molar-refractivity contribution in [1.82, 2.24) is 9.88 Å². The Balaban J connectivity index is 1.85. The second kappa shape index (κ2) is 8.95. The lowest BCUT2D eigenvalue weighted by Crippen LogP contribution is -2.39. The van der Waals surface area contributed by atoms with Crippen LogP contribution >= 0.6 is 34.3 Å². The van der Waals surface area contributed by atoms with Crippen LogP contribution in [0, 0.1) is 0 Å². The third-order valence-electron chi connectivity index (χ3n) is 4.31. The Hall–Kier alpha value is -1.47. The summed E-state index contributed by atoms with van der Waals surface area (Å²) in [5.41, 5.74) is 0.881. The van der Waals surface area contributed by atoms with Gasteiger partial charge in [-0.3, -0.25) is 9.69 Å². The van der Waals surface area contributed by atoms with Gasteiger partial charge in [-0.05, 0) is 42.7 Å². The van der Waals surface area contributed by atoms with Crippen molar-refractivity contribution < 1.29 is 4.79 Å². The molecule has 26 heavy (non-hydrogen) atoms. The van der Waals surface area contributed by atoms with Gasteiger partial charge in [0, 0.05) is 23.0 Å². The summed E-state index contributed by atoms with van der Waals surface area (Å²) in [6.45, 7) is 7.69. The fraction of sp³-hybridized carbons (Fsp3) is 0.368. The maximum absolute atomic E-state index is 13.0. The molecule has 0 N–H and O–H groups in total. The highest BCUT2D eigenvalue weighted by Gasteiger charge is 2.21. The maximum Gasteiger partial charge on any atom is 0.234 e. The number of benzene rings is 1. The molecule has 3 rings (SSSR count). The van der Waals surface area contributed by atoms with E-state index in [1.165, 1.54) is 11.3 Å². The SMILES string of the molecule is CCN(CC)CCN(C(=O)Cc1cccs1)c1nc2ccc(Cl)cc2s1. The molecule has 1 amide bonds. The molecule has 0 aliphatic heterocycles. The Morgan fingerprint density at radius 1 is 1.19 bits per heavy atom. The molecule has 0 atom stereocenters. The van der Waals surface area contributed by atoms with Gasteiger partial charge in [-0.1, -0.05) is 42.9 Å². The van der Waals surface area contributed by atoms with E-state index in [-0.39, 0.29) is 5.91 Å². The van der Waals surface area contributed by atoms with Gasteiger partial charge in [-0.25, -0.2) is 4.98 Å². The molecular formula is C19H22ClN3OS2. The molecule has 2 aromatic heterocycles. The number of carbonyl (C=O) groups excluding carboxylic acids is 1. The molecule has 0 saturated carbocycles. The molecule has 4 nitrogen and oxygen atoms in total. The molecule has 2 heterocycles. The van der Waals surface area contributed by atoms with Crippen molar-refractivity contribution in [3.8, 4) is 0 Å². The van der Waals surface area contributed by atoms with Crippen molar-refractivity contribution in [2.45, 2.75) is 20.3 Å². The predicted octanol–water partition coefficient (Wildman–Crippen LogP) is 4.93. The molecule has 0 radical (unpaired) electrons. The number of carbonyl (C=O) groups is 1. The molecule has 0 aliphatic carbocycles. The maximum atomic E-state index is 13.0. The number of thiazole rings is 1. The van der Waals surface area contributed by atoms with Gasteiger partial charge >= 0.3 is 0 Å². The minimum Gasteiger partial charge on any atom is -0.302 e. The number of thiophene rings is 1. The molecule has 0 unspecified atom stereocenters. The number of nitrogens with zero attached hydrogens (tertiary/aromatic N) is 3. The average molecular weight is 408 g/mol. The first-order valence-corrected chi connectivity index (χ1v) is 10.8. The standard InChI is InChI=1S/C19H22ClN3OS2/c1-3-22(4-2)9-10-23(18(24)13-15-6-5-11-25-15)19-21-16-8-7-14(20)12-17(16)26-19/h5-8,11-12H,3-4,9-10,13H2,1-2H3. The van der Waals surface area contributed by atoms with E-state index in [1.807, 2.05) is 40.6 Å². The van der Waals surface area contributed by atoms with E-state index in [1.54, 1.807) is 11.3 Å². The molecule has 0 saturated heterocycles. The first kappa shape index (κ1) is 19.3. The number of anilines is 1. The van der Waals surface area contributed by atoms with Crippen LogP contribution in [-0.2, 0) is 11.2 Å². The van der Waals surface area contributed by atoms with Gasteiger partial charge in [0.25, 0.3) is 0 Å². The van der Waals surface area contributed by atoms with E-state index in [4.69, 9.17) is 11.6 Å². The van der Waals surface area contributed by atoms with Gasteiger partial charge in [0.2, 0.25) is 5.91 Å². The monoisotopic (exact) mass is 407 g/mol. The van der Waals surface area contributed by atoms with E-state index in [0.717, 1.165) is 39.9 Å². The summed E-state index contributed by atoms with van der Waals surface area (Å²) in [6.07, 6.45) is 0.409. The Bertz CT molecular complexity index is 859. The summed E-state index contributed by atoms with van der Waals surface area (Å²) < 4.78 is 1.00. The highest BCUT2D eigenvalue weighted by molar-refractivity contribution is 7.22. The molecule has 138 valence electrons. The van der Waals surface area contributed by atoms with Crippen molar-refractivity contribution in [3.05, 3.63) is 45.6 Å². The highest BCUT2D eigenvalue weighted by atomic mass is 35.5. The fourth-order valence-corrected chi connectivity index (χ4v) is 4.75. The third kappa shape index (κ3) is 4.62. The van der Waals surface area contributed by atoms with E-state index in [9.17, 15) is 4.79 Å². The first-order chi connectivity index (χ1) is 12.6. The van der Waals surface area contributed by atoms with Gasteiger partial charge in [0.05, 0.1) is 16.6 Å². The van der Waals surface area contributed by atoms with Crippen LogP contribution in [0.4, 0.5) is 5.13 Å². The Labute approximate surface area is 167 Å². The van der Waals surface area contributed by atoms with Crippen LogP contribution in [0.1, 0.15) is 18.7 Å². The number of amides is 1. The Morgan fingerprint density at radius 2 is 2.00 bits per heavy atom. The number of fused-ring (bicyclic) bond motifs is 1. The third-order valence-corrected chi connectivity index (χ3v) is 6.46. The molecule has 0 aliphatic rings. The summed E-state index contributed by atoms with van der Waals surface area (Å²) in [7, 11) is 0. The van der Waals surface area contributed by atoms with Gasteiger partial charge in [0.15, 0.2) is 5.13 Å². The van der Waals surface area contributed by atoms with Gasteiger partial charge in [-0.2, -0.15) is 0 Å². The number of rotatable bonds is 8. The average Bonchev–Trinajstić information content (AvgIpc) is 3.27. The zero-order valence-corrected chi connectivity index (χ0v) is 17.3. The van der Waals surface area contributed by atoms with Crippen molar-refractivity contribution in [1.29, 1.82) is 0 Å². The highest BCUT2D eigenvalue weighted by Crippen LogP contribution is 2.31. The van der Waals surface area contributed by atoms with Crippen LogP contribution in [0.3, 0.4) is 0 Å². The van der Waals surface area contributed by atoms with Crippen molar-refractivity contribution >= 4 is 55.5 Å².